The standard InChI is InChI=1S/C15H24N2O3S/c1-4-11(5-2)9-17(10-13(18)20-3)15(19)14(16)12-7-6-8-21-12/h6-8,11,14H,4-5,9-10,16H2,1-3H3. The number of rotatable bonds is 8. The molecule has 0 aliphatic heterocycles. The topological polar surface area (TPSA) is 72.6 Å². The van der Waals surface area contributed by atoms with Crippen LogP contribution < -0.4 is 5.73 Å². The first-order valence-corrected chi connectivity index (χ1v) is 8.05. The van der Waals surface area contributed by atoms with Crippen LogP contribution in [-0.4, -0.2) is 37.0 Å². The van der Waals surface area contributed by atoms with Crippen molar-refractivity contribution in [3.8, 4) is 0 Å². The number of nitrogens with zero attached hydrogens (tertiary/aromatic N) is 1. The summed E-state index contributed by atoms with van der Waals surface area (Å²) in [5.41, 5.74) is 6.03. The highest BCUT2D eigenvalue weighted by Crippen LogP contribution is 2.20. The van der Waals surface area contributed by atoms with Gasteiger partial charge in [-0.3, -0.25) is 9.59 Å². The van der Waals surface area contributed by atoms with Crippen molar-refractivity contribution in [3.63, 3.8) is 0 Å². The number of hydrogen-bond donors (Lipinski definition) is 1. The molecule has 21 heavy (non-hydrogen) atoms. The summed E-state index contributed by atoms with van der Waals surface area (Å²) in [7, 11) is 1.32. The third kappa shape index (κ3) is 5.13. The molecule has 1 heterocycles. The molecule has 2 N–H and O–H groups in total. The van der Waals surface area contributed by atoms with E-state index >= 15 is 0 Å². The molecule has 0 bridgehead atoms. The summed E-state index contributed by atoms with van der Waals surface area (Å²) < 4.78 is 4.68. The maximum absolute atomic E-state index is 12.6. The fourth-order valence-corrected chi connectivity index (χ4v) is 2.82. The van der Waals surface area contributed by atoms with Gasteiger partial charge in [-0.1, -0.05) is 32.8 Å². The summed E-state index contributed by atoms with van der Waals surface area (Å²) >= 11 is 1.44. The Kier molecular flexibility index (Phi) is 7.39. The minimum atomic E-state index is -0.719. The Morgan fingerprint density at radius 2 is 2.05 bits per heavy atom. The number of carbonyl (C=O) groups excluding carboxylic acids is 2. The van der Waals surface area contributed by atoms with E-state index in [2.05, 4.69) is 18.6 Å². The largest absolute Gasteiger partial charge is 0.468 e. The van der Waals surface area contributed by atoms with Crippen molar-refractivity contribution in [2.45, 2.75) is 32.7 Å². The van der Waals surface area contributed by atoms with Crippen LogP contribution in [0.1, 0.15) is 37.6 Å². The molecular formula is C15H24N2O3S. The third-order valence-electron chi connectivity index (χ3n) is 3.61. The number of nitrogens with two attached hydrogens (primary N) is 1. The molecule has 1 rings (SSSR count). The monoisotopic (exact) mass is 312 g/mol. The molecule has 1 amide bonds. The first kappa shape index (κ1) is 17.7. The Labute approximate surface area is 130 Å². The van der Waals surface area contributed by atoms with E-state index in [4.69, 9.17) is 5.73 Å². The van der Waals surface area contributed by atoms with Gasteiger partial charge in [0.05, 0.1) is 7.11 Å². The van der Waals surface area contributed by atoms with Crippen molar-refractivity contribution < 1.29 is 14.3 Å². The van der Waals surface area contributed by atoms with Crippen molar-refractivity contribution >= 4 is 23.2 Å². The fraction of sp³-hybridized carbons (Fsp3) is 0.600. The Hall–Kier alpha value is -1.40. The van der Waals surface area contributed by atoms with Crippen LogP contribution in [0.3, 0.4) is 0 Å². The third-order valence-corrected chi connectivity index (χ3v) is 4.56. The first-order chi connectivity index (χ1) is 10.0. The zero-order valence-electron chi connectivity index (χ0n) is 12.9. The van der Waals surface area contributed by atoms with Gasteiger partial charge in [0.15, 0.2) is 0 Å². The second-order valence-corrected chi connectivity index (χ2v) is 5.95. The minimum Gasteiger partial charge on any atom is -0.468 e. The summed E-state index contributed by atoms with van der Waals surface area (Å²) in [6, 6.07) is 2.98. The van der Waals surface area contributed by atoms with Crippen LogP contribution in [0.15, 0.2) is 17.5 Å². The van der Waals surface area contributed by atoms with E-state index in [9.17, 15) is 9.59 Å². The fourth-order valence-electron chi connectivity index (χ4n) is 2.10. The zero-order valence-corrected chi connectivity index (χ0v) is 13.7. The number of esters is 1. The molecule has 0 aromatic carbocycles. The molecule has 1 aromatic rings. The molecule has 1 atom stereocenters. The molecule has 0 saturated heterocycles. The van der Waals surface area contributed by atoms with E-state index in [1.807, 2.05) is 17.5 Å². The highest BCUT2D eigenvalue weighted by atomic mass is 32.1. The van der Waals surface area contributed by atoms with Gasteiger partial charge in [0.2, 0.25) is 5.91 Å². The highest BCUT2D eigenvalue weighted by molar-refractivity contribution is 7.10. The molecule has 0 aliphatic rings. The van der Waals surface area contributed by atoms with E-state index in [1.165, 1.54) is 23.3 Å². The summed E-state index contributed by atoms with van der Waals surface area (Å²) in [6.45, 7) is 4.63. The molecule has 0 radical (unpaired) electrons. The molecule has 6 heteroatoms. The smallest absolute Gasteiger partial charge is 0.325 e. The predicted molar refractivity (Wildman–Crippen MR) is 83.9 cm³/mol. The second-order valence-electron chi connectivity index (χ2n) is 4.97. The molecule has 5 nitrogen and oxygen atoms in total. The van der Waals surface area contributed by atoms with Crippen LogP contribution in [0, 0.1) is 5.92 Å². The van der Waals surface area contributed by atoms with E-state index in [1.54, 1.807) is 0 Å². The van der Waals surface area contributed by atoms with Crippen molar-refractivity contribution in [1.82, 2.24) is 4.90 Å². The molecule has 1 unspecified atom stereocenters. The predicted octanol–water partition coefficient (Wildman–Crippen LogP) is 2.19. The van der Waals surface area contributed by atoms with Crippen LogP contribution in [0.4, 0.5) is 0 Å². The maximum Gasteiger partial charge on any atom is 0.325 e. The average Bonchev–Trinajstić information content (AvgIpc) is 3.03. The van der Waals surface area contributed by atoms with Gasteiger partial charge >= 0.3 is 5.97 Å². The van der Waals surface area contributed by atoms with Crippen LogP contribution in [-0.2, 0) is 14.3 Å². The van der Waals surface area contributed by atoms with Gasteiger partial charge in [-0.05, 0) is 17.4 Å². The van der Waals surface area contributed by atoms with Gasteiger partial charge < -0.3 is 15.4 Å². The van der Waals surface area contributed by atoms with Crippen LogP contribution in [0.25, 0.3) is 0 Å². The number of amides is 1. The Bertz CT molecular complexity index is 444. The number of carbonyl (C=O) groups is 2. The maximum atomic E-state index is 12.6. The van der Waals surface area contributed by atoms with Crippen molar-refractivity contribution in [2.75, 3.05) is 20.2 Å². The van der Waals surface area contributed by atoms with Gasteiger partial charge in [-0.15, -0.1) is 11.3 Å². The SMILES string of the molecule is CCC(CC)CN(CC(=O)OC)C(=O)C(N)c1cccs1. The quantitative estimate of drug-likeness (QED) is 0.747. The highest BCUT2D eigenvalue weighted by Gasteiger charge is 2.26. The van der Waals surface area contributed by atoms with Crippen LogP contribution >= 0.6 is 11.3 Å². The Morgan fingerprint density at radius 1 is 1.38 bits per heavy atom. The summed E-state index contributed by atoms with van der Waals surface area (Å²) in [5, 5.41) is 1.88. The second kappa shape index (κ2) is 8.79. The van der Waals surface area contributed by atoms with Crippen molar-refractivity contribution in [3.05, 3.63) is 22.4 Å². The van der Waals surface area contributed by atoms with Gasteiger partial charge in [-0.2, -0.15) is 0 Å². The summed E-state index contributed by atoms with van der Waals surface area (Å²) in [4.78, 5) is 26.4. The van der Waals surface area contributed by atoms with Crippen LogP contribution in [0.5, 0.6) is 0 Å². The average molecular weight is 312 g/mol. The molecule has 1 aromatic heterocycles. The van der Waals surface area contributed by atoms with E-state index in [0.29, 0.717) is 12.5 Å². The Morgan fingerprint density at radius 3 is 2.52 bits per heavy atom. The Balaban J connectivity index is 2.83. The van der Waals surface area contributed by atoms with E-state index < -0.39 is 12.0 Å². The zero-order chi connectivity index (χ0) is 15.8. The number of methoxy groups -OCH3 is 1. The lowest BCUT2D eigenvalue weighted by Crippen LogP contribution is -2.44. The van der Waals surface area contributed by atoms with Gasteiger partial charge in [-0.25, -0.2) is 0 Å². The van der Waals surface area contributed by atoms with Crippen molar-refractivity contribution in [1.29, 1.82) is 0 Å². The molecule has 0 aliphatic carbocycles. The molecule has 118 valence electrons. The van der Waals surface area contributed by atoms with E-state index in [0.717, 1.165) is 17.7 Å². The van der Waals surface area contributed by atoms with Gasteiger partial charge in [0, 0.05) is 11.4 Å². The summed E-state index contributed by atoms with van der Waals surface area (Å²) in [6.07, 6.45) is 1.91. The molecule has 0 spiro atoms. The lowest BCUT2D eigenvalue weighted by molar-refractivity contribution is -0.148. The lowest BCUT2D eigenvalue weighted by atomic mass is 10.0. The normalized spacial score (nSPS) is 12.2. The van der Waals surface area contributed by atoms with Gasteiger partial charge in [0.25, 0.3) is 0 Å². The number of ether oxygens (including phenoxy) is 1. The minimum absolute atomic E-state index is 0.0507. The lowest BCUT2D eigenvalue weighted by Gasteiger charge is -2.27. The first-order valence-electron chi connectivity index (χ1n) is 7.18. The molecular weight excluding hydrogens is 288 g/mol. The number of thiophene rings is 1. The summed E-state index contributed by atoms with van der Waals surface area (Å²) in [5.74, 6) is -0.295. The number of hydrogen-bond acceptors (Lipinski definition) is 5. The van der Waals surface area contributed by atoms with Crippen molar-refractivity contribution in [2.24, 2.45) is 11.7 Å². The van der Waals surface area contributed by atoms with Crippen LogP contribution in [0.2, 0.25) is 0 Å². The van der Waals surface area contributed by atoms with E-state index in [-0.39, 0.29) is 12.5 Å². The molecule has 0 fully saturated rings. The molecule has 0 saturated carbocycles. The van der Waals surface area contributed by atoms with Gasteiger partial charge in [0.1, 0.15) is 12.6 Å².